The van der Waals surface area contributed by atoms with Crippen molar-refractivity contribution in [2.75, 3.05) is 11.9 Å². The maximum atomic E-state index is 5.87. The SMILES string of the molecule is Clc1csc(CNc2nnc(CCOc3ccccc3)o2)c1. The van der Waals surface area contributed by atoms with Crippen LogP contribution >= 0.6 is 22.9 Å². The highest BCUT2D eigenvalue weighted by Crippen LogP contribution is 2.20. The Morgan fingerprint density at radius 2 is 2.09 bits per heavy atom. The summed E-state index contributed by atoms with van der Waals surface area (Å²) < 4.78 is 11.1. The van der Waals surface area contributed by atoms with Gasteiger partial charge in [-0.2, -0.15) is 0 Å². The number of nitrogens with zero attached hydrogens (tertiary/aromatic N) is 2. The first kappa shape index (κ1) is 14.9. The van der Waals surface area contributed by atoms with Crippen molar-refractivity contribution in [3.8, 4) is 5.75 Å². The molecule has 0 bridgehead atoms. The molecular formula is C15H14ClN3O2S. The Hall–Kier alpha value is -2.05. The Kier molecular flexibility index (Phi) is 4.92. The first-order valence-electron chi connectivity index (χ1n) is 6.76. The fourth-order valence-corrected chi connectivity index (χ4v) is 2.82. The molecule has 22 heavy (non-hydrogen) atoms. The molecule has 0 fully saturated rings. The molecule has 0 aliphatic carbocycles. The summed E-state index contributed by atoms with van der Waals surface area (Å²) in [6.45, 7) is 1.10. The quantitative estimate of drug-likeness (QED) is 0.706. The van der Waals surface area contributed by atoms with E-state index in [-0.39, 0.29) is 0 Å². The third-order valence-electron chi connectivity index (χ3n) is 2.83. The summed E-state index contributed by atoms with van der Waals surface area (Å²) in [6, 6.07) is 11.9. The fourth-order valence-electron chi connectivity index (χ4n) is 1.81. The van der Waals surface area contributed by atoms with Gasteiger partial charge in [-0.3, -0.25) is 0 Å². The first-order chi connectivity index (χ1) is 10.8. The van der Waals surface area contributed by atoms with E-state index in [0.717, 1.165) is 15.6 Å². The molecule has 0 aliphatic heterocycles. The van der Waals surface area contributed by atoms with Crippen LogP contribution in [0, 0.1) is 0 Å². The maximum absolute atomic E-state index is 5.87. The number of benzene rings is 1. The monoisotopic (exact) mass is 335 g/mol. The minimum absolute atomic E-state index is 0.402. The van der Waals surface area contributed by atoms with Crippen molar-refractivity contribution in [2.24, 2.45) is 0 Å². The Labute approximate surface area is 136 Å². The molecule has 0 spiro atoms. The number of thiophene rings is 1. The zero-order chi connectivity index (χ0) is 15.2. The van der Waals surface area contributed by atoms with Gasteiger partial charge in [-0.1, -0.05) is 34.9 Å². The highest BCUT2D eigenvalue weighted by molar-refractivity contribution is 7.10. The van der Waals surface area contributed by atoms with Crippen LogP contribution in [0.25, 0.3) is 0 Å². The zero-order valence-corrected chi connectivity index (χ0v) is 13.2. The zero-order valence-electron chi connectivity index (χ0n) is 11.7. The van der Waals surface area contributed by atoms with Crippen molar-refractivity contribution in [2.45, 2.75) is 13.0 Å². The summed E-state index contributed by atoms with van der Waals surface area (Å²) in [6.07, 6.45) is 0.564. The molecule has 3 aromatic rings. The first-order valence-corrected chi connectivity index (χ1v) is 8.02. The summed E-state index contributed by atoms with van der Waals surface area (Å²) >= 11 is 7.45. The van der Waals surface area contributed by atoms with Gasteiger partial charge in [0.05, 0.1) is 24.6 Å². The number of hydrogen-bond donors (Lipinski definition) is 1. The number of aromatic nitrogens is 2. The topological polar surface area (TPSA) is 60.2 Å². The summed E-state index contributed by atoms with van der Waals surface area (Å²) in [7, 11) is 0. The van der Waals surface area contributed by atoms with Gasteiger partial charge in [0.2, 0.25) is 5.89 Å². The third kappa shape index (κ3) is 4.22. The van der Waals surface area contributed by atoms with Gasteiger partial charge >= 0.3 is 6.01 Å². The lowest BCUT2D eigenvalue weighted by Gasteiger charge is -2.03. The lowest BCUT2D eigenvalue weighted by atomic mass is 10.3. The molecule has 2 aromatic heterocycles. The van der Waals surface area contributed by atoms with Crippen LogP contribution in [0.15, 0.2) is 46.2 Å². The van der Waals surface area contributed by atoms with Crippen LogP contribution in [0.3, 0.4) is 0 Å². The van der Waals surface area contributed by atoms with Crippen LogP contribution in [0.2, 0.25) is 5.02 Å². The molecular weight excluding hydrogens is 322 g/mol. The minimum Gasteiger partial charge on any atom is -0.493 e. The molecule has 0 radical (unpaired) electrons. The number of para-hydroxylation sites is 1. The molecule has 0 unspecified atom stereocenters. The Bertz CT molecular complexity index is 714. The molecule has 7 heteroatoms. The van der Waals surface area contributed by atoms with Crippen molar-refractivity contribution in [1.29, 1.82) is 0 Å². The molecule has 1 N–H and O–H groups in total. The molecule has 2 heterocycles. The van der Waals surface area contributed by atoms with Crippen LogP contribution in [0.1, 0.15) is 10.8 Å². The van der Waals surface area contributed by atoms with Gasteiger partial charge in [0.15, 0.2) is 0 Å². The van der Waals surface area contributed by atoms with E-state index in [0.29, 0.717) is 31.5 Å². The van der Waals surface area contributed by atoms with Crippen LogP contribution in [-0.2, 0) is 13.0 Å². The second-order valence-corrected chi connectivity index (χ2v) is 5.93. The molecule has 0 atom stereocenters. The Morgan fingerprint density at radius 1 is 1.23 bits per heavy atom. The maximum Gasteiger partial charge on any atom is 0.315 e. The summed E-state index contributed by atoms with van der Waals surface area (Å²) in [4.78, 5) is 1.11. The molecule has 0 aliphatic rings. The average molecular weight is 336 g/mol. The summed E-state index contributed by atoms with van der Waals surface area (Å²) in [5.41, 5.74) is 0. The van der Waals surface area contributed by atoms with Crippen LogP contribution in [-0.4, -0.2) is 16.8 Å². The highest BCUT2D eigenvalue weighted by atomic mass is 35.5. The van der Waals surface area contributed by atoms with E-state index in [9.17, 15) is 0 Å². The number of halogens is 1. The number of anilines is 1. The lowest BCUT2D eigenvalue weighted by Crippen LogP contribution is -2.01. The van der Waals surface area contributed by atoms with Crippen molar-refractivity contribution in [1.82, 2.24) is 10.2 Å². The molecule has 0 amide bonds. The molecule has 5 nitrogen and oxygen atoms in total. The van der Waals surface area contributed by atoms with Gasteiger partial charge in [0.1, 0.15) is 5.75 Å². The van der Waals surface area contributed by atoms with E-state index in [1.165, 1.54) is 0 Å². The predicted octanol–water partition coefficient (Wildman–Crippen LogP) is 4.02. The van der Waals surface area contributed by atoms with Crippen LogP contribution in [0.4, 0.5) is 6.01 Å². The Balaban J connectivity index is 1.45. The van der Waals surface area contributed by atoms with Crippen molar-refractivity contribution in [3.63, 3.8) is 0 Å². The number of hydrogen-bond acceptors (Lipinski definition) is 6. The second-order valence-electron chi connectivity index (χ2n) is 4.50. The van der Waals surface area contributed by atoms with E-state index in [1.807, 2.05) is 41.8 Å². The van der Waals surface area contributed by atoms with Crippen molar-refractivity contribution in [3.05, 3.63) is 57.6 Å². The largest absolute Gasteiger partial charge is 0.493 e. The average Bonchev–Trinajstić information content (AvgIpc) is 3.15. The molecule has 3 rings (SSSR count). The smallest absolute Gasteiger partial charge is 0.315 e. The van der Waals surface area contributed by atoms with Gasteiger partial charge in [-0.15, -0.1) is 16.4 Å². The molecule has 114 valence electrons. The van der Waals surface area contributed by atoms with E-state index in [4.69, 9.17) is 20.8 Å². The van der Waals surface area contributed by atoms with Crippen LogP contribution < -0.4 is 10.1 Å². The summed E-state index contributed by atoms with van der Waals surface area (Å²) in [5, 5.41) is 13.6. The summed E-state index contributed by atoms with van der Waals surface area (Å²) in [5.74, 6) is 1.37. The van der Waals surface area contributed by atoms with E-state index in [1.54, 1.807) is 11.3 Å². The van der Waals surface area contributed by atoms with E-state index < -0.39 is 0 Å². The lowest BCUT2D eigenvalue weighted by molar-refractivity contribution is 0.307. The van der Waals surface area contributed by atoms with Crippen LogP contribution in [0.5, 0.6) is 5.75 Å². The standard InChI is InChI=1S/C15H14ClN3O2S/c16-11-8-13(22-10-11)9-17-15-19-18-14(21-15)6-7-20-12-4-2-1-3-5-12/h1-5,8,10H,6-7,9H2,(H,17,19). The van der Waals surface area contributed by atoms with E-state index >= 15 is 0 Å². The fraction of sp³-hybridized carbons (Fsp3) is 0.200. The number of ether oxygens (including phenoxy) is 1. The highest BCUT2D eigenvalue weighted by Gasteiger charge is 2.06. The number of nitrogens with one attached hydrogen (secondary N) is 1. The van der Waals surface area contributed by atoms with Crippen molar-refractivity contribution >= 4 is 29.0 Å². The van der Waals surface area contributed by atoms with Gasteiger partial charge < -0.3 is 14.5 Å². The van der Waals surface area contributed by atoms with Gasteiger partial charge in [-0.05, 0) is 18.2 Å². The van der Waals surface area contributed by atoms with E-state index in [2.05, 4.69) is 15.5 Å². The minimum atomic E-state index is 0.402. The normalized spacial score (nSPS) is 10.6. The van der Waals surface area contributed by atoms with Gasteiger partial charge in [-0.25, -0.2) is 0 Å². The predicted molar refractivity (Wildman–Crippen MR) is 86.6 cm³/mol. The Morgan fingerprint density at radius 3 is 2.86 bits per heavy atom. The van der Waals surface area contributed by atoms with Crippen molar-refractivity contribution < 1.29 is 9.15 Å². The third-order valence-corrected chi connectivity index (χ3v) is 4.11. The molecule has 0 saturated heterocycles. The molecule has 1 aromatic carbocycles. The molecule has 0 saturated carbocycles. The number of rotatable bonds is 7. The second kappa shape index (κ2) is 7.29. The van der Waals surface area contributed by atoms with Gasteiger partial charge in [0, 0.05) is 10.3 Å². The van der Waals surface area contributed by atoms with Gasteiger partial charge in [0.25, 0.3) is 0 Å².